The molecule has 0 fully saturated rings. The number of rotatable bonds is 5. The maximum Gasteiger partial charge on any atom is 0.335 e. The van der Waals surface area contributed by atoms with Crippen molar-refractivity contribution in [2.45, 2.75) is 0 Å². The first-order valence-electron chi connectivity index (χ1n) is 6.59. The molecule has 0 heterocycles. The molecule has 0 saturated heterocycles. The highest BCUT2D eigenvalue weighted by Crippen LogP contribution is 2.20. The van der Waals surface area contributed by atoms with E-state index in [4.69, 9.17) is 5.11 Å². The topological polar surface area (TPSA) is 57.6 Å². The van der Waals surface area contributed by atoms with Crippen molar-refractivity contribution in [2.24, 2.45) is 0 Å². The number of benzene rings is 2. The lowest BCUT2D eigenvalue weighted by atomic mass is 10.0. The zero-order valence-electron chi connectivity index (χ0n) is 12.0. The third kappa shape index (κ3) is 3.77. The van der Waals surface area contributed by atoms with Crippen LogP contribution >= 0.6 is 0 Å². The summed E-state index contributed by atoms with van der Waals surface area (Å²) in [6.45, 7) is 0.382. The summed E-state index contributed by atoms with van der Waals surface area (Å²) in [4.78, 5) is 24.6. The van der Waals surface area contributed by atoms with Crippen LogP contribution in [0.3, 0.4) is 0 Å². The van der Waals surface area contributed by atoms with Crippen molar-refractivity contribution >= 4 is 11.8 Å². The Morgan fingerprint density at radius 2 is 1.29 bits per heavy atom. The maximum absolute atomic E-state index is 11.9. The molecule has 4 nitrogen and oxygen atoms in total. The van der Waals surface area contributed by atoms with Gasteiger partial charge < -0.3 is 10.0 Å². The van der Waals surface area contributed by atoms with Gasteiger partial charge in [0.1, 0.15) is 0 Å². The van der Waals surface area contributed by atoms with Gasteiger partial charge in [-0.25, -0.2) is 4.79 Å². The average molecular weight is 283 g/mol. The summed E-state index contributed by atoms with van der Waals surface area (Å²) >= 11 is 0. The molecule has 0 bridgehead atoms. The SMILES string of the molecule is CN(C)CC(=O)c1ccc(-c2ccc(C(=O)O)cc2)cc1. The monoisotopic (exact) mass is 283 g/mol. The second kappa shape index (κ2) is 6.33. The number of aromatic carboxylic acids is 1. The van der Waals surface area contributed by atoms with E-state index in [1.54, 1.807) is 36.4 Å². The summed E-state index contributed by atoms with van der Waals surface area (Å²) in [6, 6.07) is 14.0. The summed E-state index contributed by atoms with van der Waals surface area (Å²) in [5, 5.41) is 8.87. The number of Topliss-reactive ketones (excluding diaryl/α,β-unsaturated/α-hetero) is 1. The predicted octanol–water partition coefficient (Wildman–Crippen LogP) is 2.80. The van der Waals surface area contributed by atoms with Crippen LogP contribution in [0.1, 0.15) is 20.7 Å². The van der Waals surface area contributed by atoms with Gasteiger partial charge in [-0.1, -0.05) is 36.4 Å². The van der Waals surface area contributed by atoms with Crippen LogP contribution < -0.4 is 0 Å². The number of ketones is 1. The van der Waals surface area contributed by atoms with E-state index < -0.39 is 5.97 Å². The summed E-state index contributed by atoms with van der Waals surface area (Å²) in [5.74, 6) is -0.862. The Balaban J connectivity index is 2.18. The van der Waals surface area contributed by atoms with Gasteiger partial charge in [0.05, 0.1) is 12.1 Å². The summed E-state index contributed by atoms with van der Waals surface area (Å²) in [6.07, 6.45) is 0. The smallest absolute Gasteiger partial charge is 0.335 e. The Morgan fingerprint density at radius 3 is 1.67 bits per heavy atom. The third-order valence-corrected chi connectivity index (χ3v) is 3.13. The van der Waals surface area contributed by atoms with Gasteiger partial charge in [-0.2, -0.15) is 0 Å². The van der Waals surface area contributed by atoms with Crippen LogP contribution in [-0.4, -0.2) is 42.4 Å². The van der Waals surface area contributed by atoms with E-state index in [9.17, 15) is 9.59 Å². The van der Waals surface area contributed by atoms with Crippen LogP contribution in [0, 0.1) is 0 Å². The Hall–Kier alpha value is -2.46. The molecular formula is C17H17NO3. The molecule has 0 spiro atoms. The lowest BCUT2D eigenvalue weighted by molar-refractivity contribution is 0.0696. The van der Waals surface area contributed by atoms with Gasteiger partial charge in [0.15, 0.2) is 5.78 Å². The molecule has 0 aromatic heterocycles. The number of carboxylic acids is 1. The van der Waals surface area contributed by atoms with Crippen LogP contribution in [0.4, 0.5) is 0 Å². The largest absolute Gasteiger partial charge is 0.478 e. The van der Waals surface area contributed by atoms with E-state index in [0.717, 1.165) is 11.1 Å². The molecule has 0 aliphatic heterocycles. The fraction of sp³-hybridized carbons (Fsp3) is 0.176. The van der Waals surface area contributed by atoms with Gasteiger partial charge in [0.25, 0.3) is 0 Å². The average Bonchev–Trinajstić information content (AvgIpc) is 2.47. The minimum atomic E-state index is -0.939. The second-order valence-corrected chi connectivity index (χ2v) is 5.12. The molecule has 2 rings (SSSR count). The molecule has 21 heavy (non-hydrogen) atoms. The van der Waals surface area contributed by atoms with Crippen LogP contribution in [-0.2, 0) is 0 Å². The first-order valence-corrected chi connectivity index (χ1v) is 6.59. The van der Waals surface area contributed by atoms with E-state index >= 15 is 0 Å². The normalized spacial score (nSPS) is 10.6. The Labute approximate surface area is 123 Å². The zero-order chi connectivity index (χ0) is 15.4. The molecule has 0 amide bonds. The van der Waals surface area contributed by atoms with Crippen LogP contribution in [0.2, 0.25) is 0 Å². The highest BCUT2D eigenvalue weighted by Gasteiger charge is 2.08. The van der Waals surface area contributed by atoms with Crippen molar-refractivity contribution in [1.29, 1.82) is 0 Å². The highest BCUT2D eigenvalue weighted by molar-refractivity contribution is 5.98. The predicted molar refractivity (Wildman–Crippen MR) is 81.7 cm³/mol. The second-order valence-electron chi connectivity index (χ2n) is 5.12. The van der Waals surface area contributed by atoms with Crippen molar-refractivity contribution in [3.8, 4) is 11.1 Å². The van der Waals surface area contributed by atoms with Crippen molar-refractivity contribution in [1.82, 2.24) is 4.90 Å². The van der Waals surface area contributed by atoms with Crippen LogP contribution in [0.15, 0.2) is 48.5 Å². The number of hydrogen-bond donors (Lipinski definition) is 1. The minimum Gasteiger partial charge on any atom is -0.478 e. The van der Waals surface area contributed by atoms with Crippen LogP contribution in [0.5, 0.6) is 0 Å². The number of carbonyl (C=O) groups excluding carboxylic acids is 1. The molecule has 2 aromatic carbocycles. The molecule has 0 radical (unpaired) electrons. The highest BCUT2D eigenvalue weighted by atomic mass is 16.4. The molecule has 0 unspecified atom stereocenters. The Kier molecular flexibility index (Phi) is 4.50. The van der Waals surface area contributed by atoms with Gasteiger partial charge in [-0.15, -0.1) is 0 Å². The summed E-state index contributed by atoms with van der Waals surface area (Å²) < 4.78 is 0. The summed E-state index contributed by atoms with van der Waals surface area (Å²) in [7, 11) is 3.71. The first kappa shape index (κ1) is 14.9. The molecule has 0 atom stereocenters. The van der Waals surface area contributed by atoms with E-state index in [-0.39, 0.29) is 11.3 Å². The number of likely N-dealkylation sites (N-methyl/N-ethyl adjacent to an activating group) is 1. The van der Waals surface area contributed by atoms with E-state index in [1.165, 1.54) is 0 Å². The number of hydrogen-bond acceptors (Lipinski definition) is 3. The standard InChI is InChI=1S/C17H17NO3/c1-18(2)11-16(19)14-7-3-12(4-8-14)13-5-9-15(10-6-13)17(20)21/h3-10H,11H2,1-2H3,(H,20,21). The minimum absolute atomic E-state index is 0.0766. The molecule has 4 heteroatoms. The van der Waals surface area contributed by atoms with Gasteiger partial charge in [0, 0.05) is 5.56 Å². The number of carbonyl (C=O) groups is 2. The zero-order valence-corrected chi connectivity index (χ0v) is 12.0. The molecule has 108 valence electrons. The van der Waals surface area contributed by atoms with Crippen LogP contribution in [0.25, 0.3) is 11.1 Å². The Morgan fingerprint density at radius 1 is 0.857 bits per heavy atom. The maximum atomic E-state index is 11.9. The summed E-state index contributed by atoms with van der Waals surface area (Å²) in [5.41, 5.74) is 2.81. The van der Waals surface area contributed by atoms with Crippen molar-refractivity contribution in [2.75, 3.05) is 20.6 Å². The number of carboxylic acid groups (broad SMARTS) is 1. The van der Waals surface area contributed by atoms with Crippen molar-refractivity contribution in [3.05, 3.63) is 59.7 Å². The van der Waals surface area contributed by atoms with E-state index in [0.29, 0.717) is 12.1 Å². The van der Waals surface area contributed by atoms with Gasteiger partial charge in [0.2, 0.25) is 0 Å². The lowest BCUT2D eigenvalue weighted by Gasteiger charge is -2.09. The molecule has 0 saturated carbocycles. The molecular weight excluding hydrogens is 266 g/mol. The fourth-order valence-corrected chi connectivity index (χ4v) is 2.03. The quantitative estimate of drug-likeness (QED) is 0.857. The van der Waals surface area contributed by atoms with E-state index in [2.05, 4.69) is 0 Å². The Bertz CT molecular complexity index is 643. The lowest BCUT2D eigenvalue weighted by Crippen LogP contribution is -2.21. The third-order valence-electron chi connectivity index (χ3n) is 3.13. The molecule has 2 aromatic rings. The number of nitrogens with zero attached hydrogens (tertiary/aromatic N) is 1. The van der Waals surface area contributed by atoms with Gasteiger partial charge >= 0.3 is 5.97 Å². The van der Waals surface area contributed by atoms with Crippen molar-refractivity contribution < 1.29 is 14.7 Å². The van der Waals surface area contributed by atoms with Crippen molar-refractivity contribution in [3.63, 3.8) is 0 Å². The molecule has 1 N–H and O–H groups in total. The van der Waals surface area contributed by atoms with E-state index in [1.807, 2.05) is 31.1 Å². The van der Waals surface area contributed by atoms with Gasteiger partial charge in [-0.3, -0.25) is 4.79 Å². The first-order chi connectivity index (χ1) is 9.97. The molecule has 0 aliphatic carbocycles. The van der Waals surface area contributed by atoms with Gasteiger partial charge in [-0.05, 0) is 37.4 Å². The molecule has 0 aliphatic rings. The fourth-order valence-electron chi connectivity index (χ4n) is 2.03.